The average molecular weight is 311 g/mol. The summed E-state index contributed by atoms with van der Waals surface area (Å²) in [6, 6.07) is 3.34. The number of nitrogens with one attached hydrogen (secondary N) is 1. The van der Waals surface area contributed by atoms with Gasteiger partial charge in [0.25, 0.3) is 0 Å². The lowest BCUT2D eigenvalue weighted by molar-refractivity contribution is -0.124. The van der Waals surface area contributed by atoms with Gasteiger partial charge in [-0.25, -0.2) is 14.6 Å². The fourth-order valence-electron chi connectivity index (χ4n) is 2.19. The van der Waals surface area contributed by atoms with Crippen LogP contribution in [0.2, 0.25) is 0 Å². The first-order valence-electron chi connectivity index (χ1n) is 7.22. The molecule has 1 unspecified atom stereocenters. The van der Waals surface area contributed by atoms with Gasteiger partial charge >= 0.3 is 0 Å². The third-order valence-corrected chi connectivity index (χ3v) is 3.46. The SMILES string of the molecule is Cc1cnn(C(C)C(=O)NCc2cccnc2-n2cncn2)c1. The highest BCUT2D eigenvalue weighted by Gasteiger charge is 2.16. The van der Waals surface area contributed by atoms with Crippen molar-refractivity contribution in [1.82, 2.24) is 34.8 Å². The largest absolute Gasteiger partial charge is 0.350 e. The molecule has 0 aromatic carbocycles. The molecule has 0 aliphatic carbocycles. The average Bonchev–Trinajstić information content (AvgIpc) is 3.23. The Hall–Kier alpha value is -3.03. The molecule has 3 aromatic rings. The van der Waals surface area contributed by atoms with E-state index in [-0.39, 0.29) is 11.9 Å². The Labute approximate surface area is 133 Å². The van der Waals surface area contributed by atoms with Crippen LogP contribution in [0.5, 0.6) is 0 Å². The van der Waals surface area contributed by atoms with Crippen molar-refractivity contribution in [3.05, 3.63) is 54.5 Å². The van der Waals surface area contributed by atoms with Crippen LogP contribution in [0.15, 0.2) is 43.4 Å². The summed E-state index contributed by atoms with van der Waals surface area (Å²) in [7, 11) is 0. The summed E-state index contributed by atoms with van der Waals surface area (Å²) in [6.07, 6.45) is 8.27. The van der Waals surface area contributed by atoms with Crippen LogP contribution in [-0.2, 0) is 11.3 Å². The zero-order valence-electron chi connectivity index (χ0n) is 12.9. The highest BCUT2D eigenvalue weighted by Crippen LogP contribution is 2.11. The van der Waals surface area contributed by atoms with Gasteiger partial charge in [0.15, 0.2) is 5.82 Å². The predicted octanol–water partition coefficient (Wildman–Crippen LogP) is 1.04. The molecule has 8 nitrogen and oxygen atoms in total. The number of pyridine rings is 1. The summed E-state index contributed by atoms with van der Waals surface area (Å²) < 4.78 is 3.22. The van der Waals surface area contributed by atoms with E-state index in [0.717, 1.165) is 11.1 Å². The van der Waals surface area contributed by atoms with E-state index >= 15 is 0 Å². The van der Waals surface area contributed by atoms with Crippen molar-refractivity contribution in [1.29, 1.82) is 0 Å². The van der Waals surface area contributed by atoms with Crippen LogP contribution in [0.3, 0.4) is 0 Å². The van der Waals surface area contributed by atoms with Crippen molar-refractivity contribution in [3.63, 3.8) is 0 Å². The highest BCUT2D eigenvalue weighted by molar-refractivity contribution is 5.79. The quantitative estimate of drug-likeness (QED) is 0.760. The molecule has 23 heavy (non-hydrogen) atoms. The van der Waals surface area contributed by atoms with Crippen molar-refractivity contribution >= 4 is 5.91 Å². The molecule has 0 bridgehead atoms. The van der Waals surface area contributed by atoms with Crippen LogP contribution < -0.4 is 5.32 Å². The first kappa shape index (κ1) is 14.9. The van der Waals surface area contributed by atoms with Crippen molar-refractivity contribution in [2.75, 3.05) is 0 Å². The predicted molar refractivity (Wildman–Crippen MR) is 82.7 cm³/mol. The molecular weight excluding hydrogens is 294 g/mol. The number of amides is 1. The summed E-state index contributed by atoms with van der Waals surface area (Å²) in [6.45, 7) is 4.10. The first-order chi connectivity index (χ1) is 11.1. The number of rotatable bonds is 5. The van der Waals surface area contributed by atoms with E-state index in [1.165, 1.54) is 6.33 Å². The highest BCUT2D eigenvalue weighted by atomic mass is 16.2. The molecule has 0 spiro atoms. The van der Waals surface area contributed by atoms with Crippen molar-refractivity contribution in [2.24, 2.45) is 0 Å². The number of aromatic nitrogens is 6. The van der Waals surface area contributed by atoms with Gasteiger partial charge in [0.1, 0.15) is 18.7 Å². The van der Waals surface area contributed by atoms with E-state index in [4.69, 9.17) is 0 Å². The number of carbonyl (C=O) groups is 1. The fourth-order valence-corrected chi connectivity index (χ4v) is 2.19. The number of aryl methyl sites for hydroxylation is 1. The van der Waals surface area contributed by atoms with Gasteiger partial charge in [-0.2, -0.15) is 10.2 Å². The molecule has 8 heteroatoms. The molecule has 0 aliphatic heterocycles. The summed E-state index contributed by atoms with van der Waals surface area (Å²) in [5.41, 5.74) is 1.88. The lowest BCUT2D eigenvalue weighted by Crippen LogP contribution is -2.31. The van der Waals surface area contributed by atoms with Gasteiger partial charge in [0.05, 0.1) is 6.20 Å². The summed E-state index contributed by atoms with van der Waals surface area (Å²) in [5.74, 6) is 0.536. The second kappa shape index (κ2) is 6.39. The minimum Gasteiger partial charge on any atom is -0.350 e. The van der Waals surface area contributed by atoms with Gasteiger partial charge in [-0.15, -0.1) is 0 Å². The Bertz CT molecular complexity index is 794. The maximum Gasteiger partial charge on any atom is 0.244 e. The Morgan fingerprint density at radius 3 is 2.96 bits per heavy atom. The Balaban J connectivity index is 1.70. The molecule has 1 amide bonds. The molecule has 0 aliphatic rings. The van der Waals surface area contributed by atoms with Crippen LogP contribution in [-0.4, -0.2) is 35.4 Å². The third-order valence-electron chi connectivity index (χ3n) is 3.46. The monoisotopic (exact) mass is 311 g/mol. The Kier molecular flexibility index (Phi) is 4.13. The molecule has 0 saturated heterocycles. The maximum absolute atomic E-state index is 12.3. The van der Waals surface area contributed by atoms with Crippen molar-refractivity contribution < 1.29 is 4.79 Å². The lowest BCUT2D eigenvalue weighted by Gasteiger charge is -2.14. The molecule has 0 fully saturated rings. The third kappa shape index (κ3) is 3.25. The lowest BCUT2D eigenvalue weighted by atomic mass is 10.2. The summed E-state index contributed by atoms with van der Waals surface area (Å²) >= 11 is 0. The summed E-state index contributed by atoms with van der Waals surface area (Å²) in [4.78, 5) is 20.5. The second-order valence-corrected chi connectivity index (χ2v) is 5.22. The maximum atomic E-state index is 12.3. The van der Waals surface area contributed by atoms with Crippen LogP contribution in [0, 0.1) is 6.92 Å². The van der Waals surface area contributed by atoms with Gasteiger partial charge in [-0.3, -0.25) is 9.48 Å². The van der Waals surface area contributed by atoms with E-state index in [9.17, 15) is 4.79 Å². The normalized spacial score (nSPS) is 12.1. The van der Waals surface area contributed by atoms with Gasteiger partial charge in [0, 0.05) is 24.5 Å². The minimum absolute atomic E-state index is 0.110. The smallest absolute Gasteiger partial charge is 0.244 e. The standard InChI is InChI=1S/C15H17N7O/c1-11-6-19-21(8-11)12(2)15(23)18-7-13-4-3-5-17-14(13)22-10-16-9-20-22/h3-6,8-10,12H,7H2,1-2H3,(H,18,23). The summed E-state index contributed by atoms with van der Waals surface area (Å²) in [5, 5.41) is 11.2. The van der Waals surface area contributed by atoms with E-state index in [1.54, 1.807) is 28.1 Å². The number of hydrogen-bond donors (Lipinski definition) is 1. The Morgan fingerprint density at radius 2 is 2.26 bits per heavy atom. The number of carbonyl (C=O) groups excluding carboxylic acids is 1. The topological polar surface area (TPSA) is 90.5 Å². The number of nitrogens with zero attached hydrogens (tertiary/aromatic N) is 6. The zero-order valence-corrected chi connectivity index (χ0v) is 12.9. The fraction of sp³-hybridized carbons (Fsp3) is 0.267. The first-order valence-corrected chi connectivity index (χ1v) is 7.22. The molecule has 3 aromatic heterocycles. The van der Waals surface area contributed by atoms with E-state index in [1.807, 2.05) is 32.2 Å². The van der Waals surface area contributed by atoms with Gasteiger partial charge in [-0.1, -0.05) is 6.07 Å². The van der Waals surface area contributed by atoms with Crippen LogP contribution in [0.4, 0.5) is 0 Å². The molecule has 1 atom stereocenters. The molecule has 118 valence electrons. The molecule has 0 radical (unpaired) electrons. The van der Waals surface area contributed by atoms with Crippen LogP contribution in [0.1, 0.15) is 24.1 Å². The van der Waals surface area contributed by atoms with E-state index in [0.29, 0.717) is 12.4 Å². The molecule has 0 saturated carbocycles. The van der Waals surface area contributed by atoms with Crippen LogP contribution >= 0.6 is 0 Å². The second-order valence-electron chi connectivity index (χ2n) is 5.22. The van der Waals surface area contributed by atoms with Crippen molar-refractivity contribution in [2.45, 2.75) is 26.4 Å². The minimum atomic E-state index is -0.379. The Morgan fingerprint density at radius 1 is 1.39 bits per heavy atom. The van der Waals surface area contributed by atoms with Gasteiger partial charge < -0.3 is 5.32 Å². The van der Waals surface area contributed by atoms with E-state index in [2.05, 4.69) is 25.5 Å². The van der Waals surface area contributed by atoms with Gasteiger partial charge in [0.2, 0.25) is 5.91 Å². The van der Waals surface area contributed by atoms with Crippen LogP contribution in [0.25, 0.3) is 5.82 Å². The molecule has 3 heterocycles. The van der Waals surface area contributed by atoms with E-state index < -0.39 is 0 Å². The molecular formula is C15H17N7O. The van der Waals surface area contributed by atoms with Crippen molar-refractivity contribution in [3.8, 4) is 5.82 Å². The van der Waals surface area contributed by atoms with Gasteiger partial charge in [-0.05, 0) is 25.5 Å². The molecule has 3 rings (SSSR count). The molecule has 1 N–H and O–H groups in total. The number of hydrogen-bond acceptors (Lipinski definition) is 5. The zero-order chi connectivity index (χ0) is 16.2.